The monoisotopic (exact) mass is 358 g/mol. The van der Waals surface area contributed by atoms with Crippen LogP contribution in [0.3, 0.4) is 0 Å². The molecule has 0 saturated carbocycles. The Balaban J connectivity index is 1.45. The number of rotatable bonds is 6. The van der Waals surface area contributed by atoms with Gasteiger partial charge < -0.3 is 5.32 Å². The van der Waals surface area contributed by atoms with E-state index in [0.717, 1.165) is 28.3 Å². The molecule has 124 valence electrons. The number of hydrogen-bond donors (Lipinski definition) is 1. The third-order valence-corrected chi connectivity index (χ3v) is 5.24. The number of carbonyl (C=O) groups is 1. The molecule has 0 bridgehead atoms. The van der Waals surface area contributed by atoms with Gasteiger partial charge >= 0.3 is 0 Å². The topological polar surface area (TPSA) is 67.8 Å². The summed E-state index contributed by atoms with van der Waals surface area (Å²) in [6, 6.07) is 9.99. The van der Waals surface area contributed by atoms with E-state index in [-0.39, 0.29) is 5.91 Å². The van der Waals surface area contributed by atoms with E-state index in [1.54, 1.807) is 11.3 Å². The van der Waals surface area contributed by atoms with Gasteiger partial charge in [0.2, 0.25) is 5.91 Å². The van der Waals surface area contributed by atoms with Crippen molar-refractivity contribution in [2.45, 2.75) is 25.4 Å². The minimum absolute atomic E-state index is 0.0103. The molecular formula is C17H18N4OS2. The lowest BCUT2D eigenvalue weighted by Gasteiger charge is -2.04. The van der Waals surface area contributed by atoms with Crippen LogP contribution in [0, 0.1) is 13.8 Å². The molecule has 0 aliphatic rings. The van der Waals surface area contributed by atoms with Gasteiger partial charge in [-0.1, -0.05) is 23.9 Å². The number of benzene rings is 1. The number of para-hydroxylation sites is 1. The molecule has 0 spiro atoms. The highest BCUT2D eigenvalue weighted by molar-refractivity contribution is 7.99. The van der Waals surface area contributed by atoms with Gasteiger partial charge in [0.25, 0.3) is 0 Å². The van der Waals surface area contributed by atoms with Crippen molar-refractivity contribution in [3.8, 4) is 0 Å². The number of aromatic nitrogens is 3. The summed E-state index contributed by atoms with van der Waals surface area (Å²) in [5.74, 6) is 0.312. The van der Waals surface area contributed by atoms with Crippen LogP contribution in [0.15, 0.2) is 35.5 Å². The fraction of sp³-hybridized carbons (Fsp3) is 0.294. The Morgan fingerprint density at radius 2 is 1.92 bits per heavy atom. The number of aryl methyl sites for hydroxylation is 2. The van der Waals surface area contributed by atoms with Crippen molar-refractivity contribution < 1.29 is 4.79 Å². The zero-order chi connectivity index (χ0) is 16.9. The minimum Gasteiger partial charge on any atom is -0.355 e. The maximum atomic E-state index is 11.9. The standard InChI is InChI=1S/C17H18N4OS2/c1-11-9-12(2)20-17(19-11)23-10-15(22)18-8-7-16-21-13-5-3-4-6-14(13)24-16/h3-6,9H,7-8,10H2,1-2H3,(H,18,22). The van der Waals surface area contributed by atoms with E-state index in [2.05, 4.69) is 26.3 Å². The van der Waals surface area contributed by atoms with Gasteiger partial charge in [0, 0.05) is 24.4 Å². The summed E-state index contributed by atoms with van der Waals surface area (Å²) >= 11 is 3.03. The second kappa shape index (κ2) is 7.72. The molecule has 3 aromatic rings. The van der Waals surface area contributed by atoms with Gasteiger partial charge in [-0.25, -0.2) is 15.0 Å². The van der Waals surface area contributed by atoms with E-state index in [1.807, 2.05) is 38.1 Å². The third-order valence-electron chi connectivity index (χ3n) is 3.29. The summed E-state index contributed by atoms with van der Waals surface area (Å²) in [7, 11) is 0. The zero-order valence-corrected chi connectivity index (χ0v) is 15.2. The molecule has 0 fully saturated rings. The number of fused-ring (bicyclic) bond motifs is 1. The summed E-state index contributed by atoms with van der Waals surface area (Å²) in [5, 5.41) is 4.62. The van der Waals surface area contributed by atoms with Crippen molar-refractivity contribution in [1.29, 1.82) is 0 Å². The normalized spacial score (nSPS) is 10.9. The highest BCUT2D eigenvalue weighted by Gasteiger charge is 2.07. The summed E-state index contributed by atoms with van der Waals surface area (Å²) < 4.78 is 1.18. The molecule has 2 aromatic heterocycles. The molecule has 1 N–H and O–H groups in total. The van der Waals surface area contributed by atoms with Crippen LogP contribution in [-0.2, 0) is 11.2 Å². The summed E-state index contributed by atoms with van der Waals surface area (Å²) in [6.07, 6.45) is 0.746. The van der Waals surface area contributed by atoms with Crippen LogP contribution in [0.1, 0.15) is 16.4 Å². The Labute approximate surface area is 148 Å². The molecule has 0 radical (unpaired) electrons. The van der Waals surface area contributed by atoms with Crippen molar-refractivity contribution in [2.24, 2.45) is 0 Å². The van der Waals surface area contributed by atoms with Gasteiger partial charge in [-0.15, -0.1) is 11.3 Å². The van der Waals surface area contributed by atoms with E-state index in [4.69, 9.17) is 0 Å². The van der Waals surface area contributed by atoms with E-state index < -0.39 is 0 Å². The molecule has 0 aliphatic carbocycles. The minimum atomic E-state index is -0.0103. The maximum absolute atomic E-state index is 11.9. The first-order valence-electron chi connectivity index (χ1n) is 7.66. The summed E-state index contributed by atoms with van der Waals surface area (Å²) in [5.41, 5.74) is 2.86. The largest absolute Gasteiger partial charge is 0.355 e. The van der Waals surface area contributed by atoms with Crippen LogP contribution in [-0.4, -0.2) is 33.2 Å². The van der Waals surface area contributed by atoms with Gasteiger partial charge in [0.05, 0.1) is 21.0 Å². The third kappa shape index (κ3) is 4.52. The second-order valence-electron chi connectivity index (χ2n) is 5.40. The fourth-order valence-electron chi connectivity index (χ4n) is 2.27. The molecular weight excluding hydrogens is 340 g/mol. The lowest BCUT2D eigenvalue weighted by Crippen LogP contribution is -2.27. The number of hydrogen-bond acceptors (Lipinski definition) is 6. The molecule has 1 amide bonds. The van der Waals surface area contributed by atoms with Gasteiger partial charge in [-0.05, 0) is 32.0 Å². The predicted molar refractivity (Wildman–Crippen MR) is 98.6 cm³/mol. The average molecular weight is 358 g/mol. The smallest absolute Gasteiger partial charge is 0.230 e. The number of nitrogens with one attached hydrogen (secondary N) is 1. The molecule has 24 heavy (non-hydrogen) atoms. The predicted octanol–water partition coefficient (Wildman–Crippen LogP) is 3.15. The Morgan fingerprint density at radius 3 is 2.67 bits per heavy atom. The Hall–Kier alpha value is -1.99. The van der Waals surface area contributed by atoms with Crippen LogP contribution in [0.25, 0.3) is 10.2 Å². The lowest BCUT2D eigenvalue weighted by molar-refractivity contribution is -0.118. The number of carbonyl (C=O) groups excluding carboxylic acids is 1. The van der Waals surface area contributed by atoms with Gasteiger partial charge in [-0.3, -0.25) is 4.79 Å². The van der Waals surface area contributed by atoms with E-state index in [9.17, 15) is 4.79 Å². The molecule has 1 aromatic carbocycles. The molecule has 0 aliphatic heterocycles. The van der Waals surface area contributed by atoms with Crippen molar-refractivity contribution >= 4 is 39.2 Å². The molecule has 5 nitrogen and oxygen atoms in total. The van der Waals surface area contributed by atoms with Crippen molar-refractivity contribution in [3.05, 3.63) is 46.7 Å². The first-order valence-corrected chi connectivity index (χ1v) is 9.46. The van der Waals surface area contributed by atoms with Crippen molar-refractivity contribution in [3.63, 3.8) is 0 Å². The molecule has 3 rings (SSSR count). The van der Waals surface area contributed by atoms with Gasteiger partial charge in [0.1, 0.15) is 0 Å². The van der Waals surface area contributed by atoms with Crippen LogP contribution in [0.4, 0.5) is 0 Å². The molecule has 0 atom stereocenters. The fourth-order valence-corrected chi connectivity index (χ4v) is 4.02. The Morgan fingerprint density at radius 1 is 1.17 bits per heavy atom. The first-order chi connectivity index (χ1) is 11.6. The van der Waals surface area contributed by atoms with Crippen LogP contribution in [0.2, 0.25) is 0 Å². The highest BCUT2D eigenvalue weighted by Crippen LogP contribution is 2.21. The van der Waals surface area contributed by atoms with Crippen LogP contribution < -0.4 is 5.32 Å². The summed E-state index contributed by atoms with van der Waals surface area (Å²) in [6.45, 7) is 4.44. The first kappa shape index (κ1) is 16.9. The second-order valence-corrected chi connectivity index (χ2v) is 7.45. The SMILES string of the molecule is Cc1cc(C)nc(SCC(=O)NCCc2nc3ccccc3s2)n1. The summed E-state index contributed by atoms with van der Waals surface area (Å²) in [4.78, 5) is 25.2. The number of amides is 1. The van der Waals surface area contributed by atoms with E-state index in [0.29, 0.717) is 17.5 Å². The molecule has 2 heterocycles. The Bertz CT molecular complexity index is 809. The zero-order valence-electron chi connectivity index (χ0n) is 13.6. The Kier molecular flexibility index (Phi) is 5.42. The number of nitrogens with zero attached hydrogens (tertiary/aromatic N) is 3. The highest BCUT2D eigenvalue weighted by atomic mass is 32.2. The van der Waals surface area contributed by atoms with Crippen molar-refractivity contribution in [1.82, 2.24) is 20.3 Å². The van der Waals surface area contributed by atoms with E-state index >= 15 is 0 Å². The van der Waals surface area contributed by atoms with Gasteiger partial charge in [-0.2, -0.15) is 0 Å². The maximum Gasteiger partial charge on any atom is 0.230 e. The van der Waals surface area contributed by atoms with Crippen LogP contribution in [0.5, 0.6) is 0 Å². The molecule has 0 saturated heterocycles. The quantitative estimate of drug-likeness (QED) is 0.541. The van der Waals surface area contributed by atoms with Crippen molar-refractivity contribution in [2.75, 3.05) is 12.3 Å². The number of thiazole rings is 1. The molecule has 7 heteroatoms. The van der Waals surface area contributed by atoms with Gasteiger partial charge in [0.15, 0.2) is 5.16 Å². The van der Waals surface area contributed by atoms with Crippen LogP contribution >= 0.6 is 23.1 Å². The van der Waals surface area contributed by atoms with E-state index in [1.165, 1.54) is 16.5 Å². The number of thioether (sulfide) groups is 1. The lowest BCUT2D eigenvalue weighted by atomic mass is 10.3. The molecule has 0 unspecified atom stereocenters. The average Bonchev–Trinajstić information content (AvgIpc) is 2.95.